The smallest absolute Gasteiger partial charge is 0.124 e. The van der Waals surface area contributed by atoms with Crippen molar-refractivity contribution >= 4 is 22.3 Å². The van der Waals surface area contributed by atoms with Crippen LogP contribution in [0.5, 0.6) is 0 Å². The Kier molecular flexibility index (Phi) is 4.40. The number of aromatic nitrogens is 3. The van der Waals surface area contributed by atoms with Gasteiger partial charge in [0.15, 0.2) is 0 Å². The van der Waals surface area contributed by atoms with Crippen LogP contribution >= 0.6 is 0 Å². The maximum Gasteiger partial charge on any atom is 0.124 e. The molecule has 0 radical (unpaired) electrons. The van der Waals surface area contributed by atoms with Crippen LogP contribution in [0.15, 0.2) is 30.7 Å². The van der Waals surface area contributed by atoms with Crippen LogP contribution in [0.3, 0.4) is 0 Å². The number of nitrogens with one attached hydrogen (secondary N) is 1. The van der Waals surface area contributed by atoms with E-state index in [1.165, 1.54) is 12.1 Å². The summed E-state index contributed by atoms with van der Waals surface area (Å²) in [6.07, 6.45) is 7.45. The van der Waals surface area contributed by atoms with E-state index < -0.39 is 0 Å². The fraction of sp³-hybridized carbons (Fsp3) is 0.350. The Morgan fingerprint density at radius 2 is 2.19 bits per heavy atom. The van der Waals surface area contributed by atoms with Crippen molar-refractivity contribution in [3.8, 4) is 6.07 Å². The molecule has 2 aromatic heterocycles. The van der Waals surface area contributed by atoms with Gasteiger partial charge in [-0.25, -0.2) is 4.39 Å². The minimum atomic E-state index is -0.319. The van der Waals surface area contributed by atoms with Crippen molar-refractivity contribution in [3.63, 3.8) is 0 Å². The van der Waals surface area contributed by atoms with Gasteiger partial charge in [0.1, 0.15) is 11.9 Å². The lowest BCUT2D eigenvalue weighted by Gasteiger charge is -2.34. The van der Waals surface area contributed by atoms with Gasteiger partial charge in [-0.1, -0.05) is 0 Å². The fourth-order valence-electron chi connectivity index (χ4n) is 3.78. The van der Waals surface area contributed by atoms with Crippen LogP contribution in [0.2, 0.25) is 0 Å². The van der Waals surface area contributed by atoms with E-state index in [0.29, 0.717) is 16.6 Å². The van der Waals surface area contributed by atoms with E-state index in [-0.39, 0.29) is 11.9 Å². The second-order valence-corrected chi connectivity index (χ2v) is 7.08. The van der Waals surface area contributed by atoms with E-state index in [2.05, 4.69) is 26.4 Å². The number of pyridine rings is 1. The Hall–Kier alpha value is -3.14. The second kappa shape index (κ2) is 6.88. The van der Waals surface area contributed by atoms with Crippen LogP contribution in [0.1, 0.15) is 24.0 Å². The van der Waals surface area contributed by atoms with Crippen molar-refractivity contribution in [1.29, 1.82) is 5.26 Å². The molecule has 1 unspecified atom stereocenters. The van der Waals surface area contributed by atoms with E-state index in [9.17, 15) is 9.65 Å². The maximum absolute atomic E-state index is 14.0. The number of hydrogen-bond acceptors (Lipinski definition) is 5. The van der Waals surface area contributed by atoms with Gasteiger partial charge in [-0.2, -0.15) is 10.4 Å². The van der Waals surface area contributed by atoms with E-state index in [4.69, 9.17) is 0 Å². The molecule has 1 aromatic carbocycles. The lowest BCUT2D eigenvalue weighted by atomic mass is 10.0. The van der Waals surface area contributed by atoms with E-state index in [0.717, 1.165) is 42.7 Å². The minimum Gasteiger partial charge on any atom is -0.379 e. The Balaban J connectivity index is 1.67. The molecule has 3 heterocycles. The van der Waals surface area contributed by atoms with Crippen molar-refractivity contribution < 1.29 is 4.39 Å². The zero-order valence-corrected chi connectivity index (χ0v) is 15.4. The predicted molar refractivity (Wildman–Crippen MR) is 103 cm³/mol. The summed E-state index contributed by atoms with van der Waals surface area (Å²) in [6.45, 7) is 3.60. The van der Waals surface area contributed by atoms with E-state index in [1.54, 1.807) is 10.9 Å². The predicted octanol–water partition coefficient (Wildman–Crippen LogP) is 3.37. The molecule has 1 aliphatic rings. The number of halogens is 1. The third-order valence-corrected chi connectivity index (χ3v) is 5.07. The number of fused-ring (bicyclic) bond motifs is 1. The molecule has 3 aromatic rings. The maximum atomic E-state index is 14.0. The summed E-state index contributed by atoms with van der Waals surface area (Å²) < 4.78 is 15.8. The molecule has 0 aliphatic carbocycles. The number of piperidine rings is 1. The number of hydrogen-bond donors (Lipinski definition) is 1. The van der Waals surface area contributed by atoms with Crippen molar-refractivity contribution in [1.82, 2.24) is 14.8 Å². The molecule has 1 saturated heterocycles. The molecular weight excluding hydrogens is 343 g/mol. The Bertz CT molecular complexity index is 1030. The lowest BCUT2D eigenvalue weighted by Crippen LogP contribution is -2.42. The van der Waals surface area contributed by atoms with Gasteiger partial charge in [-0.05, 0) is 37.5 Å². The molecule has 1 fully saturated rings. The van der Waals surface area contributed by atoms with Gasteiger partial charge < -0.3 is 10.2 Å². The molecule has 7 heteroatoms. The first-order valence-corrected chi connectivity index (χ1v) is 9.04. The molecule has 1 N–H and O–H groups in total. The zero-order chi connectivity index (χ0) is 19.0. The normalized spacial score (nSPS) is 17.1. The number of aryl methyl sites for hydroxylation is 2. The van der Waals surface area contributed by atoms with Gasteiger partial charge >= 0.3 is 0 Å². The molecule has 6 nitrogen and oxygen atoms in total. The summed E-state index contributed by atoms with van der Waals surface area (Å²) in [7, 11) is 1.91. The van der Waals surface area contributed by atoms with Crippen molar-refractivity contribution in [2.45, 2.75) is 25.8 Å². The third kappa shape index (κ3) is 3.31. The molecule has 1 aliphatic heterocycles. The Morgan fingerprint density at radius 3 is 2.93 bits per heavy atom. The quantitative estimate of drug-likeness (QED) is 0.772. The first kappa shape index (κ1) is 17.3. The largest absolute Gasteiger partial charge is 0.379 e. The van der Waals surface area contributed by atoms with Gasteiger partial charge in [-0.15, -0.1) is 0 Å². The van der Waals surface area contributed by atoms with Crippen LogP contribution in [-0.4, -0.2) is 33.9 Å². The summed E-state index contributed by atoms with van der Waals surface area (Å²) in [5, 5.41) is 17.9. The van der Waals surface area contributed by atoms with Crippen molar-refractivity contribution in [2.75, 3.05) is 23.3 Å². The molecule has 138 valence electrons. The lowest BCUT2D eigenvalue weighted by molar-refractivity contribution is 0.530. The number of rotatable bonds is 3. The molecule has 0 saturated carbocycles. The average Bonchev–Trinajstić information content (AvgIpc) is 3.09. The number of anilines is 2. The summed E-state index contributed by atoms with van der Waals surface area (Å²) in [6, 6.07) is 5.27. The Morgan fingerprint density at radius 1 is 1.33 bits per heavy atom. The summed E-state index contributed by atoms with van der Waals surface area (Å²) >= 11 is 0. The summed E-state index contributed by atoms with van der Waals surface area (Å²) in [5.74, 6) is -0.319. The van der Waals surface area contributed by atoms with Crippen LogP contribution in [0.4, 0.5) is 15.8 Å². The first-order chi connectivity index (χ1) is 13.0. The number of nitrogens with zero attached hydrogens (tertiary/aromatic N) is 5. The van der Waals surface area contributed by atoms with Crippen molar-refractivity contribution in [3.05, 3.63) is 47.7 Å². The van der Waals surface area contributed by atoms with Crippen LogP contribution in [-0.2, 0) is 7.05 Å². The highest BCUT2D eigenvalue weighted by molar-refractivity contribution is 5.95. The average molecular weight is 364 g/mol. The zero-order valence-electron chi connectivity index (χ0n) is 15.4. The van der Waals surface area contributed by atoms with E-state index in [1.807, 2.05) is 26.4 Å². The van der Waals surface area contributed by atoms with Gasteiger partial charge in [0.05, 0.1) is 28.7 Å². The molecule has 0 amide bonds. The highest BCUT2D eigenvalue weighted by atomic mass is 19.1. The third-order valence-electron chi connectivity index (χ3n) is 5.07. The number of nitriles is 1. The van der Waals surface area contributed by atoms with Gasteiger partial charge in [0.25, 0.3) is 0 Å². The van der Waals surface area contributed by atoms with Crippen LogP contribution in [0.25, 0.3) is 10.9 Å². The van der Waals surface area contributed by atoms with Gasteiger partial charge in [0.2, 0.25) is 0 Å². The first-order valence-electron chi connectivity index (χ1n) is 9.04. The topological polar surface area (TPSA) is 69.8 Å². The fourth-order valence-corrected chi connectivity index (χ4v) is 3.78. The highest BCUT2D eigenvalue weighted by Gasteiger charge is 2.23. The molecule has 4 rings (SSSR count). The standard InChI is InChI=1S/C20H21FN6/c1-13-6-15(21)7-18-19(13)23-9-14(8-22)20(18)25-16-4-3-5-27(11-16)17-10-24-26(2)12-17/h6-7,9-10,12,16H,3-5,11H2,1-2H3,(H,23,25). The molecule has 0 spiro atoms. The second-order valence-electron chi connectivity index (χ2n) is 7.08. The molecule has 0 bridgehead atoms. The van der Waals surface area contributed by atoms with E-state index >= 15 is 0 Å². The number of benzene rings is 1. The Labute approximate surface area is 157 Å². The molecular formula is C20H21FN6. The minimum absolute atomic E-state index is 0.153. The van der Waals surface area contributed by atoms with Gasteiger partial charge in [-0.3, -0.25) is 9.67 Å². The summed E-state index contributed by atoms with van der Waals surface area (Å²) in [5.41, 5.74) is 3.68. The molecule has 1 atom stereocenters. The van der Waals surface area contributed by atoms with Gasteiger partial charge in [0, 0.05) is 44.0 Å². The summed E-state index contributed by atoms with van der Waals surface area (Å²) in [4.78, 5) is 6.65. The van der Waals surface area contributed by atoms with Crippen LogP contribution < -0.4 is 10.2 Å². The SMILES string of the molecule is Cc1cc(F)cc2c(NC3CCCN(c4cnn(C)c4)C3)c(C#N)cnc12. The highest BCUT2D eigenvalue weighted by Crippen LogP contribution is 2.30. The van der Waals surface area contributed by atoms with Crippen molar-refractivity contribution in [2.24, 2.45) is 7.05 Å². The monoisotopic (exact) mass is 364 g/mol. The van der Waals surface area contributed by atoms with Crippen LogP contribution in [0, 0.1) is 24.1 Å². The molecule has 27 heavy (non-hydrogen) atoms.